The van der Waals surface area contributed by atoms with E-state index >= 15 is 0 Å². The number of para-hydroxylation sites is 1. The van der Waals surface area contributed by atoms with Crippen LogP contribution in [0.15, 0.2) is 125 Å². The minimum atomic E-state index is -3.66. The molecule has 0 amide bonds. The summed E-state index contributed by atoms with van der Waals surface area (Å²) in [6.45, 7) is 0. The van der Waals surface area contributed by atoms with E-state index in [9.17, 15) is 8.42 Å². The Balaban J connectivity index is 1.51. The highest BCUT2D eigenvalue weighted by Gasteiger charge is 2.39. The van der Waals surface area contributed by atoms with Gasteiger partial charge in [0.1, 0.15) is 0 Å². The molecule has 0 atom stereocenters. The van der Waals surface area contributed by atoms with E-state index in [1.54, 1.807) is 6.07 Å². The molecule has 174 valence electrons. The monoisotopic (exact) mass is 498 g/mol. The quantitative estimate of drug-likeness (QED) is 0.148. The molecule has 0 saturated heterocycles. The molecule has 1 aromatic heterocycles. The number of hydrogen-bond acceptors (Lipinski definition) is 6. The van der Waals surface area contributed by atoms with E-state index in [2.05, 4.69) is 10.1 Å². The van der Waals surface area contributed by atoms with E-state index in [1.807, 2.05) is 109 Å². The number of fused-ring (bicyclic) bond motifs is 1. The minimum Gasteiger partial charge on any atom is -0.375 e. The molecular formula is C28H22N2O3S2. The van der Waals surface area contributed by atoms with Crippen LogP contribution in [0.2, 0.25) is 0 Å². The molecule has 0 saturated carbocycles. The first-order valence-electron chi connectivity index (χ1n) is 11.0. The molecule has 5 rings (SSSR count). The number of aromatic nitrogens is 1. The van der Waals surface area contributed by atoms with Gasteiger partial charge in [-0.3, -0.25) is 0 Å². The second-order valence-corrected chi connectivity index (χ2v) is 11.1. The highest BCUT2D eigenvalue weighted by molar-refractivity contribution is 7.94. The van der Waals surface area contributed by atoms with Crippen LogP contribution in [-0.4, -0.2) is 25.4 Å². The zero-order valence-electron chi connectivity index (χ0n) is 18.7. The highest BCUT2D eigenvalue weighted by atomic mass is 32.2. The Bertz CT molecular complexity index is 1420. The van der Waals surface area contributed by atoms with Crippen molar-refractivity contribution in [3.05, 3.63) is 132 Å². The molecule has 0 bridgehead atoms. The van der Waals surface area contributed by atoms with E-state index in [1.165, 1.54) is 6.21 Å². The predicted molar refractivity (Wildman–Crippen MR) is 140 cm³/mol. The summed E-state index contributed by atoms with van der Waals surface area (Å²) in [4.78, 5) is 10.5. The van der Waals surface area contributed by atoms with Gasteiger partial charge in [0.25, 0.3) is 0 Å². The number of thiazole rings is 1. The molecule has 0 spiro atoms. The standard InChI is InChI=1S/C28H22N2O3S2/c31-35(32,27-30-25-18-10-11-19-26(25)34-27)21-20-29-33-28(22-12-4-1-5-13-22,23-14-6-2-7-15-23)24-16-8-3-9-17-24/h1-20H,21H2. The molecule has 7 heteroatoms. The highest BCUT2D eigenvalue weighted by Crippen LogP contribution is 2.40. The lowest BCUT2D eigenvalue weighted by atomic mass is 9.80. The Morgan fingerprint density at radius 1 is 0.743 bits per heavy atom. The van der Waals surface area contributed by atoms with Crippen molar-refractivity contribution in [2.75, 3.05) is 5.75 Å². The average molecular weight is 499 g/mol. The van der Waals surface area contributed by atoms with Gasteiger partial charge < -0.3 is 4.84 Å². The Labute approximate surface area is 208 Å². The van der Waals surface area contributed by atoms with Crippen molar-refractivity contribution >= 4 is 37.6 Å². The summed E-state index contributed by atoms with van der Waals surface area (Å²) in [6, 6.07) is 36.7. The molecule has 5 aromatic rings. The Morgan fingerprint density at radius 3 is 1.74 bits per heavy atom. The number of rotatable bonds is 8. The summed E-state index contributed by atoms with van der Waals surface area (Å²) < 4.78 is 26.8. The van der Waals surface area contributed by atoms with Gasteiger partial charge in [-0.15, -0.1) is 11.3 Å². The number of oxime groups is 1. The first-order chi connectivity index (χ1) is 17.1. The maximum absolute atomic E-state index is 12.9. The van der Waals surface area contributed by atoms with Crippen LogP contribution in [0.25, 0.3) is 10.2 Å². The van der Waals surface area contributed by atoms with Crippen molar-refractivity contribution < 1.29 is 13.3 Å². The molecular weight excluding hydrogens is 476 g/mol. The summed E-state index contributed by atoms with van der Waals surface area (Å²) in [7, 11) is -3.66. The SMILES string of the molecule is O=S(=O)(CC=NOC(c1ccccc1)(c1ccccc1)c1ccccc1)c1nc2ccccc2s1. The summed E-state index contributed by atoms with van der Waals surface area (Å²) in [5, 5.41) is 4.21. The van der Waals surface area contributed by atoms with E-state index in [-0.39, 0.29) is 10.1 Å². The van der Waals surface area contributed by atoms with Gasteiger partial charge in [0.2, 0.25) is 19.8 Å². The molecule has 1 heterocycles. The average Bonchev–Trinajstić information content (AvgIpc) is 3.36. The zero-order chi connectivity index (χ0) is 24.1. The van der Waals surface area contributed by atoms with Gasteiger partial charge in [0.15, 0.2) is 0 Å². The van der Waals surface area contributed by atoms with Crippen LogP contribution in [0.5, 0.6) is 0 Å². The number of sulfone groups is 1. The maximum Gasteiger partial charge on any atom is 0.212 e. The molecule has 0 N–H and O–H groups in total. The van der Waals surface area contributed by atoms with Crippen molar-refractivity contribution in [2.24, 2.45) is 5.16 Å². The molecule has 4 aromatic carbocycles. The van der Waals surface area contributed by atoms with Gasteiger partial charge in [-0.1, -0.05) is 108 Å². The van der Waals surface area contributed by atoms with Gasteiger partial charge in [-0.05, 0) is 12.1 Å². The van der Waals surface area contributed by atoms with Gasteiger partial charge in [0.05, 0.1) is 22.2 Å². The third-order valence-electron chi connectivity index (χ3n) is 5.64. The van der Waals surface area contributed by atoms with Crippen LogP contribution in [-0.2, 0) is 20.3 Å². The first-order valence-corrected chi connectivity index (χ1v) is 13.5. The van der Waals surface area contributed by atoms with E-state index < -0.39 is 15.4 Å². The van der Waals surface area contributed by atoms with Crippen molar-refractivity contribution in [3.8, 4) is 0 Å². The molecule has 5 nitrogen and oxygen atoms in total. The topological polar surface area (TPSA) is 68.6 Å². The fraction of sp³-hybridized carbons (Fsp3) is 0.0714. The van der Waals surface area contributed by atoms with Crippen molar-refractivity contribution in [1.29, 1.82) is 0 Å². The van der Waals surface area contributed by atoms with Crippen LogP contribution in [0.4, 0.5) is 0 Å². The van der Waals surface area contributed by atoms with Gasteiger partial charge in [-0.25, -0.2) is 13.4 Å². The molecule has 0 aliphatic rings. The zero-order valence-corrected chi connectivity index (χ0v) is 20.3. The van der Waals surface area contributed by atoms with Crippen molar-refractivity contribution in [2.45, 2.75) is 9.94 Å². The van der Waals surface area contributed by atoms with E-state index in [4.69, 9.17) is 4.84 Å². The maximum atomic E-state index is 12.9. The van der Waals surface area contributed by atoms with Crippen LogP contribution in [0.3, 0.4) is 0 Å². The lowest BCUT2D eigenvalue weighted by Crippen LogP contribution is -2.31. The van der Waals surface area contributed by atoms with Crippen molar-refractivity contribution in [1.82, 2.24) is 4.98 Å². The van der Waals surface area contributed by atoms with Crippen molar-refractivity contribution in [3.63, 3.8) is 0 Å². The normalized spacial score (nSPS) is 12.2. The Kier molecular flexibility index (Phi) is 6.44. The fourth-order valence-electron chi connectivity index (χ4n) is 3.98. The fourth-order valence-corrected chi connectivity index (χ4v) is 6.29. The lowest BCUT2D eigenvalue weighted by molar-refractivity contribution is 0.0182. The summed E-state index contributed by atoms with van der Waals surface area (Å²) in [5.74, 6) is -0.318. The molecule has 35 heavy (non-hydrogen) atoms. The largest absolute Gasteiger partial charge is 0.375 e. The second kappa shape index (κ2) is 9.82. The van der Waals surface area contributed by atoms with E-state index in [0.717, 1.165) is 32.7 Å². The van der Waals surface area contributed by atoms with Crippen LogP contribution < -0.4 is 0 Å². The minimum absolute atomic E-state index is 0.0746. The first kappa shape index (κ1) is 23.0. The summed E-state index contributed by atoms with van der Waals surface area (Å²) in [5.41, 5.74) is 2.25. The molecule has 0 aliphatic heterocycles. The number of hydrogen-bond donors (Lipinski definition) is 0. The van der Waals surface area contributed by atoms with Crippen LogP contribution in [0.1, 0.15) is 16.7 Å². The predicted octanol–water partition coefficient (Wildman–Crippen LogP) is 6.06. The summed E-state index contributed by atoms with van der Waals surface area (Å²) in [6.07, 6.45) is 1.30. The van der Waals surface area contributed by atoms with Crippen LogP contribution >= 0.6 is 11.3 Å². The number of nitrogens with zero attached hydrogens (tertiary/aromatic N) is 2. The molecule has 0 aliphatic carbocycles. The molecule has 0 unspecified atom stereocenters. The van der Waals surface area contributed by atoms with E-state index in [0.29, 0.717) is 5.52 Å². The van der Waals surface area contributed by atoms with Gasteiger partial charge in [-0.2, -0.15) is 0 Å². The lowest BCUT2D eigenvalue weighted by Gasteiger charge is -2.33. The third-order valence-corrected chi connectivity index (χ3v) is 8.69. The van der Waals surface area contributed by atoms with Crippen LogP contribution in [0, 0.1) is 0 Å². The molecule has 0 radical (unpaired) electrons. The summed E-state index contributed by atoms with van der Waals surface area (Å²) >= 11 is 1.16. The Hall–Kier alpha value is -3.81. The number of benzene rings is 4. The van der Waals surface area contributed by atoms with Gasteiger partial charge in [0, 0.05) is 16.7 Å². The smallest absolute Gasteiger partial charge is 0.212 e. The third kappa shape index (κ3) is 4.60. The molecule has 0 fully saturated rings. The van der Waals surface area contributed by atoms with Gasteiger partial charge >= 0.3 is 0 Å². The second-order valence-electron chi connectivity index (χ2n) is 7.89. The Morgan fingerprint density at radius 2 is 1.23 bits per heavy atom.